The first-order valence-corrected chi connectivity index (χ1v) is 6.02. The molecule has 1 amide bonds. The minimum atomic E-state index is 0.158. The Kier molecular flexibility index (Phi) is 5.63. The van der Waals surface area contributed by atoms with Gasteiger partial charge in [-0.1, -0.05) is 13.8 Å². The van der Waals surface area contributed by atoms with Crippen LogP contribution in [0.3, 0.4) is 0 Å². The van der Waals surface area contributed by atoms with Crippen molar-refractivity contribution < 1.29 is 4.79 Å². The number of pyridine rings is 1. The Hall–Kier alpha value is -1.42. The molecule has 0 radical (unpaired) electrons. The van der Waals surface area contributed by atoms with E-state index < -0.39 is 0 Å². The zero-order chi connectivity index (χ0) is 12.7. The van der Waals surface area contributed by atoms with Gasteiger partial charge in [0, 0.05) is 26.0 Å². The Bertz CT molecular complexity index is 336. The third-order valence-corrected chi connectivity index (χ3v) is 2.85. The molecule has 1 rings (SSSR count). The molecule has 0 aromatic carbocycles. The molecule has 0 aliphatic rings. The average molecular weight is 235 g/mol. The lowest BCUT2D eigenvalue weighted by atomic mass is 10.2. The maximum atomic E-state index is 11.9. The summed E-state index contributed by atoms with van der Waals surface area (Å²) in [5, 5.41) is 0. The average Bonchev–Trinajstić information content (AvgIpc) is 2.36. The lowest BCUT2D eigenvalue weighted by molar-refractivity contribution is -0.131. The first-order valence-electron chi connectivity index (χ1n) is 6.02. The highest BCUT2D eigenvalue weighted by atomic mass is 16.2. The van der Waals surface area contributed by atoms with Gasteiger partial charge >= 0.3 is 0 Å². The van der Waals surface area contributed by atoms with Crippen molar-refractivity contribution in [2.24, 2.45) is 0 Å². The molecule has 0 fully saturated rings. The molecule has 1 heterocycles. The van der Waals surface area contributed by atoms with Crippen LogP contribution in [-0.4, -0.2) is 47.4 Å². The van der Waals surface area contributed by atoms with Gasteiger partial charge in [-0.05, 0) is 30.8 Å². The molecule has 0 saturated carbocycles. The number of likely N-dealkylation sites (N-methyl/N-ethyl adjacent to an activating group) is 2. The van der Waals surface area contributed by atoms with Crippen LogP contribution in [0, 0.1) is 0 Å². The van der Waals surface area contributed by atoms with Crippen LogP contribution in [0.1, 0.15) is 19.4 Å². The van der Waals surface area contributed by atoms with Gasteiger partial charge in [0.05, 0.1) is 6.54 Å². The van der Waals surface area contributed by atoms with Gasteiger partial charge in [0.25, 0.3) is 0 Å². The molecule has 0 aliphatic heterocycles. The van der Waals surface area contributed by atoms with E-state index in [0.717, 1.165) is 18.7 Å². The largest absolute Gasteiger partial charge is 0.340 e. The highest BCUT2D eigenvalue weighted by Crippen LogP contribution is 2.02. The van der Waals surface area contributed by atoms with Crippen LogP contribution >= 0.6 is 0 Å². The number of carbonyl (C=O) groups is 1. The Balaban J connectivity index is 2.47. The standard InChI is InChI=1S/C13H21N3O/c1-4-16(5-2)11-13(17)15(3)10-12-6-8-14-9-7-12/h6-9H,4-5,10-11H2,1-3H3. The Morgan fingerprint density at radius 1 is 1.24 bits per heavy atom. The number of hydrogen-bond donors (Lipinski definition) is 0. The fourth-order valence-corrected chi connectivity index (χ4v) is 1.61. The van der Waals surface area contributed by atoms with Crippen molar-refractivity contribution in [2.45, 2.75) is 20.4 Å². The SMILES string of the molecule is CCN(CC)CC(=O)N(C)Cc1ccncc1. The van der Waals surface area contributed by atoms with Gasteiger partial charge in [0.2, 0.25) is 5.91 Å². The molecule has 94 valence electrons. The third kappa shape index (κ3) is 4.53. The van der Waals surface area contributed by atoms with Crippen molar-refractivity contribution in [2.75, 3.05) is 26.7 Å². The fourth-order valence-electron chi connectivity index (χ4n) is 1.61. The second kappa shape index (κ2) is 7.01. The minimum Gasteiger partial charge on any atom is -0.340 e. The summed E-state index contributed by atoms with van der Waals surface area (Å²) < 4.78 is 0. The predicted molar refractivity (Wildman–Crippen MR) is 68.5 cm³/mol. The molecule has 1 aromatic rings. The van der Waals surface area contributed by atoms with E-state index in [9.17, 15) is 4.79 Å². The number of carbonyl (C=O) groups excluding carboxylic acids is 1. The predicted octanol–water partition coefficient (Wildman–Crippen LogP) is 1.38. The van der Waals surface area contributed by atoms with Crippen molar-refractivity contribution in [3.05, 3.63) is 30.1 Å². The molecule has 4 heteroatoms. The normalized spacial score (nSPS) is 10.6. The minimum absolute atomic E-state index is 0.158. The van der Waals surface area contributed by atoms with Crippen molar-refractivity contribution in [3.8, 4) is 0 Å². The Morgan fingerprint density at radius 2 is 1.82 bits per heavy atom. The molecule has 0 aliphatic carbocycles. The summed E-state index contributed by atoms with van der Waals surface area (Å²) in [4.78, 5) is 19.8. The molecule has 0 N–H and O–H groups in total. The molecular formula is C13H21N3O. The van der Waals surface area contributed by atoms with E-state index in [-0.39, 0.29) is 5.91 Å². The van der Waals surface area contributed by atoms with E-state index in [0.29, 0.717) is 13.1 Å². The van der Waals surface area contributed by atoms with Crippen LogP contribution in [0.5, 0.6) is 0 Å². The molecule has 4 nitrogen and oxygen atoms in total. The highest BCUT2D eigenvalue weighted by molar-refractivity contribution is 5.77. The molecule has 0 unspecified atom stereocenters. The van der Waals surface area contributed by atoms with Gasteiger partial charge in [-0.3, -0.25) is 14.7 Å². The summed E-state index contributed by atoms with van der Waals surface area (Å²) in [6.07, 6.45) is 3.50. The van der Waals surface area contributed by atoms with E-state index in [1.54, 1.807) is 17.3 Å². The monoisotopic (exact) mass is 235 g/mol. The molecular weight excluding hydrogens is 214 g/mol. The van der Waals surface area contributed by atoms with Crippen LogP contribution in [-0.2, 0) is 11.3 Å². The zero-order valence-corrected chi connectivity index (χ0v) is 10.9. The quantitative estimate of drug-likeness (QED) is 0.747. The van der Waals surface area contributed by atoms with Gasteiger partial charge in [-0.2, -0.15) is 0 Å². The van der Waals surface area contributed by atoms with Crippen LogP contribution in [0.2, 0.25) is 0 Å². The number of aromatic nitrogens is 1. The van der Waals surface area contributed by atoms with Crippen molar-refractivity contribution >= 4 is 5.91 Å². The third-order valence-electron chi connectivity index (χ3n) is 2.85. The van der Waals surface area contributed by atoms with E-state index in [4.69, 9.17) is 0 Å². The first-order chi connectivity index (χ1) is 8.17. The van der Waals surface area contributed by atoms with E-state index in [1.807, 2.05) is 19.2 Å². The maximum Gasteiger partial charge on any atom is 0.236 e. The van der Waals surface area contributed by atoms with Gasteiger partial charge in [0.15, 0.2) is 0 Å². The highest BCUT2D eigenvalue weighted by Gasteiger charge is 2.12. The van der Waals surface area contributed by atoms with Crippen LogP contribution in [0.15, 0.2) is 24.5 Å². The van der Waals surface area contributed by atoms with E-state index in [1.165, 1.54) is 0 Å². The lowest BCUT2D eigenvalue weighted by Gasteiger charge is -2.22. The van der Waals surface area contributed by atoms with Gasteiger partial charge in [-0.25, -0.2) is 0 Å². The lowest BCUT2D eigenvalue weighted by Crippen LogP contribution is -2.37. The number of hydrogen-bond acceptors (Lipinski definition) is 3. The van der Waals surface area contributed by atoms with Crippen LogP contribution < -0.4 is 0 Å². The van der Waals surface area contributed by atoms with Gasteiger partial charge in [-0.15, -0.1) is 0 Å². The van der Waals surface area contributed by atoms with Gasteiger partial charge in [0.1, 0.15) is 0 Å². The Morgan fingerprint density at radius 3 is 2.35 bits per heavy atom. The summed E-state index contributed by atoms with van der Waals surface area (Å²) in [6, 6.07) is 3.86. The molecule has 0 bridgehead atoms. The first kappa shape index (κ1) is 13.6. The van der Waals surface area contributed by atoms with Crippen molar-refractivity contribution in [1.29, 1.82) is 0 Å². The zero-order valence-electron chi connectivity index (χ0n) is 10.9. The smallest absolute Gasteiger partial charge is 0.236 e. The summed E-state index contributed by atoms with van der Waals surface area (Å²) in [6.45, 7) is 7.09. The van der Waals surface area contributed by atoms with E-state index in [2.05, 4.69) is 23.7 Å². The van der Waals surface area contributed by atoms with E-state index >= 15 is 0 Å². The molecule has 0 spiro atoms. The Labute approximate surface area is 103 Å². The second-order valence-corrected chi connectivity index (χ2v) is 4.07. The van der Waals surface area contributed by atoms with Gasteiger partial charge < -0.3 is 4.90 Å². The topological polar surface area (TPSA) is 36.4 Å². The van der Waals surface area contributed by atoms with Crippen LogP contribution in [0.4, 0.5) is 0 Å². The molecule has 0 saturated heterocycles. The van der Waals surface area contributed by atoms with Crippen LogP contribution in [0.25, 0.3) is 0 Å². The summed E-state index contributed by atoms with van der Waals surface area (Å²) >= 11 is 0. The van der Waals surface area contributed by atoms with Crippen molar-refractivity contribution in [3.63, 3.8) is 0 Å². The summed E-state index contributed by atoms with van der Waals surface area (Å²) in [7, 11) is 1.84. The second-order valence-electron chi connectivity index (χ2n) is 4.07. The number of amides is 1. The molecule has 17 heavy (non-hydrogen) atoms. The molecule has 1 aromatic heterocycles. The molecule has 0 atom stereocenters. The number of rotatable bonds is 6. The number of nitrogens with zero attached hydrogens (tertiary/aromatic N) is 3. The fraction of sp³-hybridized carbons (Fsp3) is 0.538. The summed E-state index contributed by atoms with van der Waals surface area (Å²) in [5.74, 6) is 0.158. The maximum absolute atomic E-state index is 11.9. The summed E-state index contributed by atoms with van der Waals surface area (Å²) in [5.41, 5.74) is 1.11. The van der Waals surface area contributed by atoms with Crippen molar-refractivity contribution in [1.82, 2.24) is 14.8 Å².